The molecular formula is C42H83N2O8P. The Morgan fingerprint density at radius 2 is 1.21 bits per heavy atom. The Labute approximate surface area is 325 Å². The van der Waals surface area contributed by atoms with Gasteiger partial charge in [-0.25, -0.2) is 0 Å². The predicted octanol–water partition coefficient (Wildman–Crippen LogP) is 8.67. The molecule has 0 saturated heterocycles. The number of likely N-dealkylation sites (N-methyl/N-ethyl adjacent to an activating group) is 1. The van der Waals surface area contributed by atoms with E-state index in [-0.39, 0.29) is 18.9 Å². The van der Waals surface area contributed by atoms with Crippen molar-refractivity contribution in [3.8, 4) is 0 Å². The van der Waals surface area contributed by atoms with Crippen molar-refractivity contribution in [2.45, 2.75) is 199 Å². The summed E-state index contributed by atoms with van der Waals surface area (Å²) in [6.07, 6.45) is 30.9. The zero-order valence-electron chi connectivity index (χ0n) is 34.7. The van der Waals surface area contributed by atoms with Crippen molar-refractivity contribution in [3.63, 3.8) is 0 Å². The second kappa shape index (κ2) is 34.2. The molecule has 10 nitrogen and oxygen atoms in total. The SMILES string of the molecule is CCCCC/C=C\C[C@H](O)[C@@H](O)CCCCCCCC(=O)N[C@@H](COP(=O)([O-])OCC[N+](C)(C)C)[C@H](O)/C=C/CCCCCCCCCCCCCC. The number of phosphoric ester groups is 1. The second-order valence-electron chi connectivity index (χ2n) is 16.0. The normalized spacial score (nSPS) is 15.9. The average molecular weight is 775 g/mol. The molecule has 5 atom stereocenters. The number of carbonyl (C=O) groups excluding carboxylic acids is 1. The van der Waals surface area contributed by atoms with E-state index in [9.17, 15) is 29.6 Å². The summed E-state index contributed by atoms with van der Waals surface area (Å²) < 4.78 is 23.1. The highest BCUT2D eigenvalue weighted by molar-refractivity contribution is 7.45. The second-order valence-corrected chi connectivity index (χ2v) is 17.4. The summed E-state index contributed by atoms with van der Waals surface area (Å²) in [6.45, 7) is 4.44. The third-order valence-corrected chi connectivity index (χ3v) is 10.6. The molecule has 0 fully saturated rings. The highest BCUT2D eigenvalue weighted by Crippen LogP contribution is 2.38. The van der Waals surface area contributed by atoms with E-state index in [2.05, 4.69) is 25.2 Å². The predicted molar refractivity (Wildman–Crippen MR) is 217 cm³/mol. The number of aliphatic hydroxyl groups is 3. The molecule has 0 spiro atoms. The smallest absolute Gasteiger partial charge is 0.268 e. The minimum Gasteiger partial charge on any atom is -0.756 e. The third-order valence-electron chi connectivity index (χ3n) is 9.61. The van der Waals surface area contributed by atoms with Gasteiger partial charge in [-0.3, -0.25) is 9.36 Å². The van der Waals surface area contributed by atoms with Crippen LogP contribution in [0.3, 0.4) is 0 Å². The van der Waals surface area contributed by atoms with Gasteiger partial charge < -0.3 is 39.1 Å². The van der Waals surface area contributed by atoms with E-state index in [1.165, 1.54) is 77.0 Å². The molecule has 0 rings (SSSR count). The van der Waals surface area contributed by atoms with E-state index in [1.54, 1.807) is 6.08 Å². The Morgan fingerprint density at radius 3 is 1.81 bits per heavy atom. The first-order chi connectivity index (χ1) is 25.3. The lowest BCUT2D eigenvalue weighted by Gasteiger charge is -2.29. The molecule has 53 heavy (non-hydrogen) atoms. The molecule has 0 aliphatic carbocycles. The van der Waals surface area contributed by atoms with E-state index in [0.717, 1.165) is 57.8 Å². The number of quaternary nitrogens is 1. The number of carbonyl (C=O) groups is 1. The lowest BCUT2D eigenvalue weighted by molar-refractivity contribution is -0.870. The first kappa shape index (κ1) is 51.9. The first-order valence-electron chi connectivity index (χ1n) is 21.4. The molecular weight excluding hydrogens is 691 g/mol. The van der Waals surface area contributed by atoms with Gasteiger partial charge in [0.2, 0.25) is 5.91 Å². The van der Waals surface area contributed by atoms with Crippen molar-refractivity contribution >= 4 is 13.7 Å². The fourth-order valence-corrected chi connectivity index (χ4v) is 6.72. The summed E-state index contributed by atoms with van der Waals surface area (Å²) in [5, 5.41) is 34.2. The van der Waals surface area contributed by atoms with Gasteiger partial charge in [-0.05, 0) is 44.9 Å². The molecule has 0 aromatic heterocycles. The Balaban J connectivity index is 4.60. The van der Waals surface area contributed by atoms with Crippen LogP contribution < -0.4 is 10.2 Å². The van der Waals surface area contributed by atoms with Crippen LogP contribution >= 0.6 is 7.82 Å². The van der Waals surface area contributed by atoms with E-state index >= 15 is 0 Å². The number of nitrogens with zero attached hydrogens (tertiary/aromatic N) is 1. The molecule has 4 N–H and O–H groups in total. The van der Waals surface area contributed by atoms with Crippen molar-refractivity contribution in [3.05, 3.63) is 24.3 Å². The van der Waals surface area contributed by atoms with Crippen LogP contribution in [0.5, 0.6) is 0 Å². The quantitative estimate of drug-likeness (QED) is 0.0211. The van der Waals surface area contributed by atoms with Crippen LogP contribution in [0.15, 0.2) is 24.3 Å². The summed E-state index contributed by atoms with van der Waals surface area (Å²) >= 11 is 0. The number of hydrogen-bond acceptors (Lipinski definition) is 8. The number of rotatable bonds is 38. The average Bonchev–Trinajstić information content (AvgIpc) is 3.10. The van der Waals surface area contributed by atoms with Gasteiger partial charge in [0.1, 0.15) is 13.2 Å². The highest BCUT2D eigenvalue weighted by atomic mass is 31.2. The summed E-state index contributed by atoms with van der Waals surface area (Å²) in [7, 11) is 1.16. The van der Waals surface area contributed by atoms with Crippen molar-refractivity contribution < 1.29 is 43.1 Å². The van der Waals surface area contributed by atoms with E-state index in [4.69, 9.17) is 9.05 Å². The summed E-state index contributed by atoms with van der Waals surface area (Å²) in [5.74, 6) is -0.278. The maximum atomic E-state index is 12.8. The number of unbranched alkanes of at least 4 members (excludes halogenated alkanes) is 19. The fraction of sp³-hybridized carbons (Fsp3) is 0.881. The molecule has 1 unspecified atom stereocenters. The molecule has 0 heterocycles. The van der Waals surface area contributed by atoms with Gasteiger partial charge in [0.15, 0.2) is 0 Å². The maximum absolute atomic E-state index is 12.8. The van der Waals surface area contributed by atoms with Crippen LogP contribution in [0.2, 0.25) is 0 Å². The summed E-state index contributed by atoms with van der Waals surface area (Å²) in [6, 6.07) is -0.941. The molecule has 314 valence electrons. The van der Waals surface area contributed by atoms with Gasteiger partial charge in [0.05, 0.1) is 52.1 Å². The number of aliphatic hydroxyl groups excluding tert-OH is 3. The molecule has 11 heteroatoms. The number of allylic oxidation sites excluding steroid dienone is 2. The van der Waals surface area contributed by atoms with Crippen LogP contribution in [-0.2, 0) is 18.4 Å². The Morgan fingerprint density at radius 1 is 0.698 bits per heavy atom. The largest absolute Gasteiger partial charge is 0.756 e. The lowest BCUT2D eigenvalue weighted by atomic mass is 10.0. The zero-order valence-corrected chi connectivity index (χ0v) is 35.6. The van der Waals surface area contributed by atoms with Crippen molar-refractivity contribution in [2.24, 2.45) is 0 Å². The first-order valence-corrected chi connectivity index (χ1v) is 22.8. The number of phosphoric acid groups is 1. The summed E-state index contributed by atoms with van der Waals surface area (Å²) in [4.78, 5) is 25.3. The van der Waals surface area contributed by atoms with Crippen LogP contribution in [0.1, 0.15) is 174 Å². The topological polar surface area (TPSA) is 148 Å². The number of hydrogen-bond donors (Lipinski definition) is 4. The zero-order chi connectivity index (χ0) is 39.6. The van der Waals surface area contributed by atoms with Crippen molar-refractivity contribution in [1.82, 2.24) is 5.32 Å². The molecule has 0 aromatic rings. The minimum atomic E-state index is -4.62. The number of amides is 1. The van der Waals surface area contributed by atoms with Crippen LogP contribution in [0.25, 0.3) is 0 Å². The van der Waals surface area contributed by atoms with E-state index in [1.807, 2.05) is 33.3 Å². The number of nitrogens with one attached hydrogen (secondary N) is 1. The third kappa shape index (κ3) is 35.1. The van der Waals surface area contributed by atoms with Crippen molar-refractivity contribution in [1.29, 1.82) is 0 Å². The van der Waals surface area contributed by atoms with Gasteiger partial charge in [-0.15, -0.1) is 0 Å². The molecule has 0 aromatic carbocycles. The molecule has 0 aliphatic heterocycles. The monoisotopic (exact) mass is 775 g/mol. The molecule has 0 aliphatic rings. The van der Waals surface area contributed by atoms with Crippen molar-refractivity contribution in [2.75, 3.05) is 40.9 Å². The lowest BCUT2D eigenvalue weighted by Crippen LogP contribution is -2.45. The van der Waals surface area contributed by atoms with Gasteiger partial charge >= 0.3 is 0 Å². The molecule has 0 radical (unpaired) electrons. The van der Waals surface area contributed by atoms with E-state index < -0.39 is 38.8 Å². The van der Waals surface area contributed by atoms with Crippen LogP contribution in [0, 0.1) is 0 Å². The van der Waals surface area contributed by atoms with Gasteiger partial charge in [-0.1, -0.05) is 147 Å². The van der Waals surface area contributed by atoms with Crippen LogP contribution in [-0.4, -0.2) is 91.0 Å². The molecule has 0 saturated carbocycles. The van der Waals surface area contributed by atoms with E-state index in [0.29, 0.717) is 30.3 Å². The highest BCUT2D eigenvalue weighted by Gasteiger charge is 2.23. The molecule has 1 amide bonds. The Hall–Kier alpha value is -1.10. The fourth-order valence-electron chi connectivity index (χ4n) is 6.00. The molecule has 0 bridgehead atoms. The van der Waals surface area contributed by atoms with Gasteiger partial charge in [-0.2, -0.15) is 0 Å². The Kier molecular flexibility index (Phi) is 33.5. The standard InChI is InChI=1S/C42H83N2O8P/c1-6-8-10-12-14-15-16-17-18-19-20-21-24-27-31-39(45)38(37-52-53(49,50)51-36-35-44(3,4)5)43-42(48)34-30-26-22-25-29-33-41(47)40(46)32-28-23-13-11-9-7-2/h23,27-28,31,38-41,45-47H,6-22,24-26,29-30,32-37H2,1-5H3,(H-,43,48,49,50)/b28-23-,31-27+/t38-,39+,40-,41-/m0/s1. The minimum absolute atomic E-state index is 0.0289. The van der Waals surface area contributed by atoms with Crippen LogP contribution in [0.4, 0.5) is 0 Å². The summed E-state index contributed by atoms with van der Waals surface area (Å²) in [5.41, 5.74) is 0. The van der Waals surface area contributed by atoms with Gasteiger partial charge in [0, 0.05) is 6.42 Å². The Bertz CT molecular complexity index is 958. The maximum Gasteiger partial charge on any atom is 0.268 e. The van der Waals surface area contributed by atoms with Gasteiger partial charge in [0.25, 0.3) is 7.82 Å².